The highest BCUT2D eigenvalue weighted by Crippen LogP contribution is 2.21. The van der Waals surface area contributed by atoms with Gasteiger partial charge in [-0.2, -0.15) is 0 Å². The van der Waals surface area contributed by atoms with Crippen molar-refractivity contribution in [1.82, 2.24) is 0 Å². The molecular weight excluding hydrogens is 142 g/mol. The van der Waals surface area contributed by atoms with Crippen molar-refractivity contribution in [1.29, 1.82) is 0 Å². The standard InChI is InChI=1S/C8H15NO2/c1-6-5-11-3-2-7(6)8(10)4-9/h6-7H,2-5,9H2,1H3. The minimum Gasteiger partial charge on any atom is -0.381 e. The maximum Gasteiger partial charge on any atom is 0.149 e. The molecular formula is C8H15NO2. The number of ether oxygens (including phenoxy) is 1. The molecule has 0 aliphatic carbocycles. The van der Waals surface area contributed by atoms with E-state index in [4.69, 9.17) is 10.5 Å². The zero-order valence-electron chi connectivity index (χ0n) is 6.88. The van der Waals surface area contributed by atoms with E-state index in [1.54, 1.807) is 0 Å². The third-order valence-corrected chi connectivity index (χ3v) is 2.26. The lowest BCUT2D eigenvalue weighted by Gasteiger charge is -2.27. The molecule has 0 spiro atoms. The Kier molecular flexibility index (Phi) is 3.02. The third kappa shape index (κ3) is 2.01. The fraction of sp³-hybridized carbons (Fsp3) is 0.875. The molecule has 11 heavy (non-hydrogen) atoms. The fourth-order valence-corrected chi connectivity index (χ4v) is 1.51. The molecule has 1 aliphatic rings. The topological polar surface area (TPSA) is 52.3 Å². The maximum atomic E-state index is 11.2. The molecule has 0 aromatic heterocycles. The van der Waals surface area contributed by atoms with Gasteiger partial charge in [-0.3, -0.25) is 4.79 Å². The molecule has 1 heterocycles. The maximum absolute atomic E-state index is 11.2. The van der Waals surface area contributed by atoms with E-state index >= 15 is 0 Å². The molecule has 3 heteroatoms. The summed E-state index contributed by atoms with van der Waals surface area (Å²) in [6.45, 7) is 3.63. The van der Waals surface area contributed by atoms with Crippen molar-refractivity contribution in [3.05, 3.63) is 0 Å². The summed E-state index contributed by atoms with van der Waals surface area (Å²) in [6.07, 6.45) is 0.844. The predicted molar refractivity (Wildman–Crippen MR) is 42.2 cm³/mol. The van der Waals surface area contributed by atoms with Crippen LogP contribution in [0.2, 0.25) is 0 Å². The van der Waals surface area contributed by atoms with Crippen LogP contribution in [0.5, 0.6) is 0 Å². The first-order chi connectivity index (χ1) is 5.25. The summed E-state index contributed by atoms with van der Waals surface area (Å²) in [7, 11) is 0. The van der Waals surface area contributed by atoms with Crippen LogP contribution in [0.4, 0.5) is 0 Å². The van der Waals surface area contributed by atoms with Crippen molar-refractivity contribution >= 4 is 5.78 Å². The van der Waals surface area contributed by atoms with Crippen LogP contribution >= 0.6 is 0 Å². The number of carbonyl (C=O) groups excluding carboxylic acids is 1. The van der Waals surface area contributed by atoms with Gasteiger partial charge < -0.3 is 10.5 Å². The van der Waals surface area contributed by atoms with Gasteiger partial charge in [0.05, 0.1) is 6.54 Å². The summed E-state index contributed by atoms with van der Waals surface area (Å²) in [4.78, 5) is 11.2. The van der Waals surface area contributed by atoms with Gasteiger partial charge >= 0.3 is 0 Å². The Morgan fingerprint density at radius 1 is 1.73 bits per heavy atom. The van der Waals surface area contributed by atoms with Crippen LogP contribution < -0.4 is 5.73 Å². The number of rotatable bonds is 2. The summed E-state index contributed by atoms with van der Waals surface area (Å²) < 4.78 is 5.21. The molecule has 0 aromatic rings. The fourth-order valence-electron chi connectivity index (χ4n) is 1.51. The first-order valence-electron chi connectivity index (χ1n) is 4.06. The predicted octanol–water partition coefficient (Wildman–Crippen LogP) is 0.187. The molecule has 0 saturated carbocycles. The SMILES string of the molecule is CC1COCCC1C(=O)CN. The molecule has 64 valence electrons. The quantitative estimate of drug-likeness (QED) is 0.622. The van der Waals surface area contributed by atoms with Crippen LogP contribution in [0, 0.1) is 11.8 Å². The molecule has 1 fully saturated rings. The van der Waals surface area contributed by atoms with Gasteiger partial charge in [0, 0.05) is 19.1 Å². The average molecular weight is 157 g/mol. The van der Waals surface area contributed by atoms with E-state index < -0.39 is 0 Å². The number of hydrogen-bond donors (Lipinski definition) is 1. The highest BCUT2D eigenvalue weighted by molar-refractivity contribution is 5.83. The Morgan fingerprint density at radius 3 is 3.00 bits per heavy atom. The lowest BCUT2D eigenvalue weighted by molar-refractivity contribution is -0.126. The highest BCUT2D eigenvalue weighted by Gasteiger charge is 2.26. The largest absolute Gasteiger partial charge is 0.381 e. The van der Waals surface area contributed by atoms with E-state index in [1.165, 1.54) is 0 Å². The summed E-state index contributed by atoms with van der Waals surface area (Å²) in [5.74, 6) is 0.675. The van der Waals surface area contributed by atoms with E-state index in [0.29, 0.717) is 19.1 Å². The molecule has 2 atom stereocenters. The smallest absolute Gasteiger partial charge is 0.149 e. The van der Waals surface area contributed by atoms with E-state index in [2.05, 4.69) is 0 Å². The van der Waals surface area contributed by atoms with E-state index in [1.807, 2.05) is 6.92 Å². The van der Waals surface area contributed by atoms with Crippen LogP contribution in [-0.4, -0.2) is 25.5 Å². The Bertz CT molecular complexity index is 147. The molecule has 1 saturated heterocycles. The Balaban J connectivity index is 2.47. The second kappa shape index (κ2) is 3.83. The summed E-state index contributed by atoms with van der Waals surface area (Å²) in [6, 6.07) is 0. The molecule has 0 amide bonds. The molecule has 0 radical (unpaired) electrons. The highest BCUT2D eigenvalue weighted by atomic mass is 16.5. The zero-order valence-corrected chi connectivity index (χ0v) is 6.88. The van der Waals surface area contributed by atoms with E-state index in [0.717, 1.165) is 6.42 Å². The van der Waals surface area contributed by atoms with Gasteiger partial charge in [0.15, 0.2) is 0 Å². The van der Waals surface area contributed by atoms with Crippen molar-refractivity contribution < 1.29 is 9.53 Å². The third-order valence-electron chi connectivity index (χ3n) is 2.26. The molecule has 1 aliphatic heterocycles. The lowest BCUT2D eigenvalue weighted by atomic mass is 9.86. The van der Waals surface area contributed by atoms with Crippen LogP contribution in [0.15, 0.2) is 0 Å². The number of ketones is 1. The van der Waals surface area contributed by atoms with Gasteiger partial charge in [-0.1, -0.05) is 6.92 Å². The Hall–Kier alpha value is -0.410. The van der Waals surface area contributed by atoms with Crippen LogP contribution in [0.25, 0.3) is 0 Å². The number of Topliss-reactive ketones (excluding diaryl/α,β-unsaturated/α-hetero) is 1. The van der Waals surface area contributed by atoms with Crippen molar-refractivity contribution in [3.8, 4) is 0 Å². The summed E-state index contributed by atoms with van der Waals surface area (Å²) >= 11 is 0. The van der Waals surface area contributed by atoms with Crippen LogP contribution in [0.3, 0.4) is 0 Å². The van der Waals surface area contributed by atoms with Crippen molar-refractivity contribution in [2.24, 2.45) is 17.6 Å². The molecule has 2 N–H and O–H groups in total. The Morgan fingerprint density at radius 2 is 2.45 bits per heavy atom. The monoisotopic (exact) mass is 157 g/mol. The summed E-state index contributed by atoms with van der Waals surface area (Å²) in [5, 5.41) is 0. The Labute approximate surface area is 66.9 Å². The molecule has 3 nitrogen and oxygen atoms in total. The molecule has 0 aromatic carbocycles. The number of carbonyl (C=O) groups is 1. The minimum absolute atomic E-state index is 0.147. The molecule has 2 unspecified atom stereocenters. The van der Waals surface area contributed by atoms with Gasteiger partial charge in [0.25, 0.3) is 0 Å². The summed E-state index contributed by atoms with van der Waals surface area (Å²) in [5.41, 5.74) is 5.27. The second-order valence-corrected chi connectivity index (χ2v) is 3.12. The van der Waals surface area contributed by atoms with Gasteiger partial charge in [-0.15, -0.1) is 0 Å². The first-order valence-corrected chi connectivity index (χ1v) is 4.06. The zero-order chi connectivity index (χ0) is 8.27. The van der Waals surface area contributed by atoms with Crippen molar-refractivity contribution in [2.75, 3.05) is 19.8 Å². The van der Waals surface area contributed by atoms with Crippen LogP contribution in [0.1, 0.15) is 13.3 Å². The van der Waals surface area contributed by atoms with Gasteiger partial charge in [-0.05, 0) is 12.3 Å². The molecule has 1 rings (SSSR count). The van der Waals surface area contributed by atoms with Gasteiger partial charge in [0.2, 0.25) is 0 Å². The van der Waals surface area contributed by atoms with Crippen molar-refractivity contribution in [3.63, 3.8) is 0 Å². The van der Waals surface area contributed by atoms with Crippen LogP contribution in [-0.2, 0) is 9.53 Å². The average Bonchev–Trinajstić information content (AvgIpc) is 2.04. The second-order valence-electron chi connectivity index (χ2n) is 3.12. The lowest BCUT2D eigenvalue weighted by Crippen LogP contribution is -2.34. The molecule has 0 bridgehead atoms. The first kappa shape index (κ1) is 8.68. The minimum atomic E-state index is 0.147. The normalized spacial score (nSPS) is 31.8. The van der Waals surface area contributed by atoms with Crippen molar-refractivity contribution in [2.45, 2.75) is 13.3 Å². The van der Waals surface area contributed by atoms with Gasteiger partial charge in [0.1, 0.15) is 5.78 Å². The van der Waals surface area contributed by atoms with E-state index in [9.17, 15) is 4.79 Å². The number of nitrogens with two attached hydrogens (primary N) is 1. The number of hydrogen-bond acceptors (Lipinski definition) is 3. The van der Waals surface area contributed by atoms with Gasteiger partial charge in [-0.25, -0.2) is 0 Å². The van der Waals surface area contributed by atoms with E-state index in [-0.39, 0.29) is 18.2 Å².